The maximum absolute atomic E-state index is 11.5. The standard InChI is InChI=1S/C15H13NO2S/c1-16-13-8-7-12(9-14(13)18-10-15(16)17)19-11-5-3-2-4-6-11/h2-9H,10H2,1H3. The highest BCUT2D eigenvalue weighted by Gasteiger charge is 2.22. The molecule has 2 aromatic rings. The minimum Gasteiger partial charge on any atom is -0.482 e. The van der Waals surface area contributed by atoms with Crippen LogP contribution in [0, 0.1) is 0 Å². The van der Waals surface area contributed by atoms with Gasteiger partial charge in [0.2, 0.25) is 0 Å². The van der Waals surface area contributed by atoms with Crippen molar-refractivity contribution >= 4 is 23.4 Å². The van der Waals surface area contributed by atoms with Crippen molar-refractivity contribution in [2.75, 3.05) is 18.6 Å². The largest absolute Gasteiger partial charge is 0.482 e. The first-order chi connectivity index (χ1) is 9.24. The minimum absolute atomic E-state index is 0.0176. The molecule has 0 N–H and O–H groups in total. The number of fused-ring (bicyclic) bond motifs is 1. The number of carbonyl (C=O) groups excluding carboxylic acids is 1. The Bertz CT molecular complexity index is 613. The molecular formula is C15H13NO2S. The summed E-state index contributed by atoms with van der Waals surface area (Å²) in [7, 11) is 1.77. The molecule has 0 saturated carbocycles. The Kier molecular flexibility index (Phi) is 3.17. The predicted octanol–water partition coefficient (Wildman–Crippen LogP) is 3.19. The molecule has 1 heterocycles. The normalized spacial score (nSPS) is 13.9. The van der Waals surface area contributed by atoms with Gasteiger partial charge in [0.05, 0.1) is 5.69 Å². The zero-order valence-corrected chi connectivity index (χ0v) is 11.3. The van der Waals surface area contributed by atoms with Gasteiger partial charge in [-0.3, -0.25) is 4.79 Å². The molecule has 4 heteroatoms. The van der Waals surface area contributed by atoms with Gasteiger partial charge in [0, 0.05) is 16.8 Å². The average Bonchev–Trinajstić information content (AvgIpc) is 2.44. The van der Waals surface area contributed by atoms with Crippen LogP contribution in [0.15, 0.2) is 58.3 Å². The van der Waals surface area contributed by atoms with E-state index in [0.717, 1.165) is 16.3 Å². The van der Waals surface area contributed by atoms with Crippen molar-refractivity contribution in [3.8, 4) is 5.75 Å². The molecule has 96 valence electrons. The summed E-state index contributed by atoms with van der Waals surface area (Å²) >= 11 is 1.68. The van der Waals surface area contributed by atoms with Gasteiger partial charge >= 0.3 is 0 Å². The average molecular weight is 271 g/mol. The zero-order valence-electron chi connectivity index (χ0n) is 10.5. The first-order valence-electron chi connectivity index (χ1n) is 6.00. The summed E-state index contributed by atoms with van der Waals surface area (Å²) in [5.41, 5.74) is 0.827. The maximum Gasteiger partial charge on any atom is 0.264 e. The Balaban J connectivity index is 1.88. The van der Waals surface area contributed by atoms with Crippen molar-refractivity contribution in [1.82, 2.24) is 0 Å². The number of likely N-dealkylation sites (N-methyl/N-ethyl adjacent to an activating group) is 1. The Morgan fingerprint density at radius 1 is 1.11 bits per heavy atom. The lowest BCUT2D eigenvalue weighted by Crippen LogP contribution is -2.35. The van der Waals surface area contributed by atoms with Gasteiger partial charge < -0.3 is 9.64 Å². The Labute approximate surface area is 116 Å². The molecule has 1 aliphatic rings. The van der Waals surface area contributed by atoms with Crippen LogP contribution in [0.5, 0.6) is 5.75 Å². The van der Waals surface area contributed by atoms with Crippen molar-refractivity contribution < 1.29 is 9.53 Å². The van der Waals surface area contributed by atoms with Crippen LogP contribution in [0.2, 0.25) is 0 Å². The van der Waals surface area contributed by atoms with Crippen LogP contribution in [0.1, 0.15) is 0 Å². The van der Waals surface area contributed by atoms with Gasteiger partial charge in [-0.25, -0.2) is 0 Å². The number of hydrogen-bond donors (Lipinski definition) is 0. The third kappa shape index (κ3) is 2.44. The van der Waals surface area contributed by atoms with Crippen molar-refractivity contribution in [3.63, 3.8) is 0 Å². The summed E-state index contributed by atoms with van der Waals surface area (Å²) in [6.07, 6.45) is 0. The van der Waals surface area contributed by atoms with E-state index in [4.69, 9.17) is 4.74 Å². The number of benzene rings is 2. The number of carbonyl (C=O) groups is 1. The fourth-order valence-corrected chi connectivity index (χ4v) is 2.81. The third-order valence-electron chi connectivity index (χ3n) is 3.00. The second kappa shape index (κ2) is 4.97. The first kappa shape index (κ1) is 12.1. The Morgan fingerprint density at radius 2 is 1.89 bits per heavy atom. The van der Waals surface area contributed by atoms with E-state index < -0.39 is 0 Å². The minimum atomic E-state index is -0.0176. The quantitative estimate of drug-likeness (QED) is 0.840. The first-order valence-corrected chi connectivity index (χ1v) is 6.82. The van der Waals surface area contributed by atoms with E-state index in [0.29, 0.717) is 0 Å². The highest BCUT2D eigenvalue weighted by atomic mass is 32.2. The van der Waals surface area contributed by atoms with E-state index in [1.165, 1.54) is 4.90 Å². The van der Waals surface area contributed by atoms with Crippen LogP contribution in [-0.2, 0) is 4.79 Å². The van der Waals surface area contributed by atoms with Gasteiger partial charge in [0.15, 0.2) is 6.61 Å². The molecule has 19 heavy (non-hydrogen) atoms. The van der Waals surface area contributed by atoms with Crippen molar-refractivity contribution in [2.24, 2.45) is 0 Å². The van der Waals surface area contributed by atoms with Crippen LogP contribution < -0.4 is 9.64 Å². The van der Waals surface area contributed by atoms with E-state index >= 15 is 0 Å². The summed E-state index contributed by atoms with van der Waals surface area (Å²) in [6.45, 7) is 0.114. The summed E-state index contributed by atoms with van der Waals surface area (Å²) in [5, 5.41) is 0. The number of hydrogen-bond acceptors (Lipinski definition) is 3. The summed E-state index contributed by atoms with van der Waals surface area (Å²) < 4.78 is 5.48. The molecule has 0 aromatic heterocycles. The monoisotopic (exact) mass is 271 g/mol. The molecule has 1 aliphatic heterocycles. The van der Waals surface area contributed by atoms with E-state index in [1.54, 1.807) is 23.7 Å². The van der Waals surface area contributed by atoms with Gasteiger partial charge in [-0.15, -0.1) is 0 Å². The molecule has 0 radical (unpaired) electrons. The number of amides is 1. The predicted molar refractivity (Wildman–Crippen MR) is 75.9 cm³/mol. The molecule has 0 bridgehead atoms. The van der Waals surface area contributed by atoms with Crippen LogP contribution in [0.4, 0.5) is 5.69 Å². The molecule has 0 atom stereocenters. The van der Waals surface area contributed by atoms with Gasteiger partial charge in [0.1, 0.15) is 5.75 Å². The van der Waals surface area contributed by atoms with E-state index in [-0.39, 0.29) is 12.5 Å². The highest BCUT2D eigenvalue weighted by Crippen LogP contribution is 2.37. The SMILES string of the molecule is CN1C(=O)COc2cc(Sc3ccccc3)ccc21. The Morgan fingerprint density at radius 3 is 2.68 bits per heavy atom. The lowest BCUT2D eigenvalue weighted by Gasteiger charge is -2.26. The lowest BCUT2D eigenvalue weighted by molar-refractivity contribution is -0.120. The van der Waals surface area contributed by atoms with Crippen LogP contribution >= 0.6 is 11.8 Å². The molecule has 0 saturated heterocycles. The second-order valence-electron chi connectivity index (χ2n) is 4.29. The van der Waals surface area contributed by atoms with Crippen molar-refractivity contribution in [2.45, 2.75) is 9.79 Å². The fourth-order valence-electron chi connectivity index (χ4n) is 1.95. The smallest absolute Gasteiger partial charge is 0.264 e. The van der Waals surface area contributed by atoms with E-state index in [2.05, 4.69) is 12.1 Å². The van der Waals surface area contributed by atoms with Gasteiger partial charge in [-0.2, -0.15) is 0 Å². The van der Waals surface area contributed by atoms with Crippen LogP contribution in [0.25, 0.3) is 0 Å². The molecule has 0 aliphatic carbocycles. The van der Waals surface area contributed by atoms with Crippen LogP contribution in [-0.4, -0.2) is 19.6 Å². The van der Waals surface area contributed by atoms with Gasteiger partial charge in [0.25, 0.3) is 5.91 Å². The molecule has 0 fully saturated rings. The lowest BCUT2D eigenvalue weighted by atomic mass is 10.2. The topological polar surface area (TPSA) is 29.5 Å². The Hall–Kier alpha value is -1.94. The van der Waals surface area contributed by atoms with Crippen molar-refractivity contribution in [3.05, 3.63) is 48.5 Å². The van der Waals surface area contributed by atoms with E-state index in [9.17, 15) is 4.79 Å². The van der Waals surface area contributed by atoms with Gasteiger partial charge in [-0.05, 0) is 30.3 Å². The number of anilines is 1. The summed E-state index contributed by atoms with van der Waals surface area (Å²) in [4.78, 5) is 15.5. The highest BCUT2D eigenvalue weighted by molar-refractivity contribution is 7.99. The fraction of sp³-hybridized carbons (Fsp3) is 0.133. The number of rotatable bonds is 2. The van der Waals surface area contributed by atoms with E-state index in [1.807, 2.05) is 36.4 Å². The molecule has 2 aromatic carbocycles. The summed E-state index contributed by atoms with van der Waals surface area (Å²) in [5.74, 6) is 0.749. The van der Waals surface area contributed by atoms with Crippen LogP contribution in [0.3, 0.4) is 0 Å². The molecular weight excluding hydrogens is 258 g/mol. The zero-order chi connectivity index (χ0) is 13.2. The third-order valence-corrected chi connectivity index (χ3v) is 3.99. The molecule has 3 rings (SSSR count). The molecule has 1 amide bonds. The molecule has 0 unspecified atom stereocenters. The molecule has 0 spiro atoms. The number of nitrogens with zero attached hydrogens (tertiary/aromatic N) is 1. The maximum atomic E-state index is 11.5. The van der Waals surface area contributed by atoms with Crippen molar-refractivity contribution in [1.29, 1.82) is 0 Å². The number of ether oxygens (including phenoxy) is 1. The molecule has 3 nitrogen and oxygen atoms in total. The summed E-state index contributed by atoms with van der Waals surface area (Å²) in [6, 6.07) is 16.1. The second-order valence-corrected chi connectivity index (χ2v) is 5.43. The van der Waals surface area contributed by atoms with Gasteiger partial charge in [-0.1, -0.05) is 30.0 Å².